The summed E-state index contributed by atoms with van der Waals surface area (Å²) in [6, 6.07) is 17.0. The number of hydrogen-bond donors (Lipinski definition) is 0. The molecule has 1 fully saturated rings. The first kappa shape index (κ1) is 25.1. The van der Waals surface area contributed by atoms with Gasteiger partial charge in [0.1, 0.15) is 0 Å². The predicted octanol–water partition coefficient (Wildman–Crippen LogP) is 4.35. The first-order valence-corrected chi connectivity index (χ1v) is 11.3. The molecule has 1 aliphatic rings. The number of amides is 3. The van der Waals surface area contributed by atoms with Crippen molar-refractivity contribution in [2.75, 3.05) is 7.05 Å². The Labute approximate surface area is 206 Å². The number of rotatable bonds is 7. The summed E-state index contributed by atoms with van der Waals surface area (Å²) in [5.41, 5.74) is -1.15. The quantitative estimate of drug-likeness (QED) is 0.457. The van der Waals surface area contributed by atoms with E-state index in [2.05, 4.69) is 4.98 Å². The number of likely N-dealkylation sites (tertiary alicyclic amines) is 1. The summed E-state index contributed by atoms with van der Waals surface area (Å²) >= 11 is 0. The fourth-order valence-electron chi connectivity index (χ4n) is 4.53. The topological polar surface area (TPSA) is 70.6 Å². The van der Waals surface area contributed by atoms with E-state index >= 15 is 0 Å². The SMILES string of the molecule is CN(Cc1ccccc1C(F)(F)F)C(=O)C[C@@]1(c2ccccc2)CC(=O)N(Cc2cccnc2)C1=O. The molecule has 0 saturated carbocycles. The smallest absolute Gasteiger partial charge is 0.341 e. The van der Waals surface area contributed by atoms with Gasteiger partial charge in [0.2, 0.25) is 17.7 Å². The van der Waals surface area contributed by atoms with Crippen molar-refractivity contribution in [1.29, 1.82) is 0 Å². The Morgan fingerprint density at radius 2 is 1.72 bits per heavy atom. The van der Waals surface area contributed by atoms with E-state index in [1.807, 2.05) is 0 Å². The molecule has 3 aromatic rings. The molecule has 3 amide bonds. The number of imide groups is 1. The van der Waals surface area contributed by atoms with Gasteiger partial charge in [0, 0.05) is 38.8 Å². The van der Waals surface area contributed by atoms with Gasteiger partial charge in [-0.15, -0.1) is 0 Å². The van der Waals surface area contributed by atoms with Crippen LogP contribution >= 0.6 is 0 Å². The molecule has 186 valence electrons. The molecule has 6 nitrogen and oxygen atoms in total. The molecule has 0 spiro atoms. The molecule has 1 aliphatic heterocycles. The molecule has 1 atom stereocenters. The molecule has 0 bridgehead atoms. The highest BCUT2D eigenvalue weighted by molar-refractivity contribution is 6.10. The number of carbonyl (C=O) groups excluding carboxylic acids is 3. The Kier molecular flexibility index (Phi) is 6.92. The lowest BCUT2D eigenvalue weighted by molar-refractivity contribution is -0.143. The minimum atomic E-state index is -4.56. The Morgan fingerprint density at radius 1 is 1.03 bits per heavy atom. The standard InChI is InChI=1S/C27H24F3N3O3/c1-32(18-20-9-5-6-12-22(20)27(28,29)30)23(34)14-26(21-10-3-2-4-11-21)15-24(35)33(25(26)36)17-19-8-7-13-31-16-19/h2-13,16H,14-15,17-18H2,1H3/t26-/m0/s1. The fraction of sp³-hybridized carbons (Fsp3) is 0.259. The van der Waals surface area contributed by atoms with Gasteiger partial charge in [-0.2, -0.15) is 13.2 Å². The van der Waals surface area contributed by atoms with Gasteiger partial charge in [-0.05, 0) is 28.8 Å². The van der Waals surface area contributed by atoms with E-state index in [0.29, 0.717) is 11.1 Å². The zero-order chi connectivity index (χ0) is 25.9. The number of alkyl halides is 3. The number of aromatic nitrogens is 1. The Hall–Kier alpha value is -4.01. The van der Waals surface area contributed by atoms with E-state index in [1.54, 1.807) is 54.9 Å². The van der Waals surface area contributed by atoms with Crippen LogP contribution in [0.2, 0.25) is 0 Å². The van der Waals surface area contributed by atoms with Gasteiger partial charge in [0.15, 0.2) is 0 Å². The third kappa shape index (κ3) is 5.00. The summed E-state index contributed by atoms with van der Waals surface area (Å²) in [6.07, 6.45) is -1.99. The average molecular weight is 496 g/mol. The number of pyridine rings is 1. The molecule has 0 radical (unpaired) electrons. The zero-order valence-corrected chi connectivity index (χ0v) is 19.5. The number of halogens is 3. The molecule has 1 saturated heterocycles. The van der Waals surface area contributed by atoms with Gasteiger partial charge >= 0.3 is 6.18 Å². The largest absolute Gasteiger partial charge is 0.416 e. The maximum absolute atomic E-state index is 13.7. The van der Waals surface area contributed by atoms with Crippen LogP contribution in [0, 0.1) is 0 Å². The lowest BCUT2D eigenvalue weighted by Gasteiger charge is -2.29. The van der Waals surface area contributed by atoms with E-state index in [0.717, 1.165) is 15.9 Å². The van der Waals surface area contributed by atoms with Crippen LogP contribution in [0.5, 0.6) is 0 Å². The maximum atomic E-state index is 13.7. The van der Waals surface area contributed by atoms with Crippen LogP contribution in [0.15, 0.2) is 79.1 Å². The van der Waals surface area contributed by atoms with Crippen molar-refractivity contribution in [1.82, 2.24) is 14.8 Å². The van der Waals surface area contributed by atoms with Crippen LogP contribution < -0.4 is 0 Å². The summed E-state index contributed by atoms with van der Waals surface area (Å²) in [4.78, 5) is 46.3. The summed E-state index contributed by atoms with van der Waals surface area (Å²) in [5.74, 6) is -1.48. The minimum Gasteiger partial charge on any atom is -0.341 e. The first-order chi connectivity index (χ1) is 17.1. The highest BCUT2D eigenvalue weighted by Gasteiger charge is 2.54. The van der Waals surface area contributed by atoms with Gasteiger partial charge in [0.05, 0.1) is 17.5 Å². The molecular formula is C27H24F3N3O3. The summed E-state index contributed by atoms with van der Waals surface area (Å²) in [6.45, 7) is -0.274. The van der Waals surface area contributed by atoms with E-state index in [-0.39, 0.29) is 31.5 Å². The fourth-order valence-corrected chi connectivity index (χ4v) is 4.53. The van der Waals surface area contributed by atoms with Crippen LogP contribution in [0.4, 0.5) is 13.2 Å². The minimum absolute atomic E-state index is 0.0169. The predicted molar refractivity (Wildman–Crippen MR) is 125 cm³/mol. The normalized spacial score (nSPS) is 17.9. The van der Waals surface area contributed by atoms with Crippen molar-refractivity contribution in [3.05, 3.63) is 101 Å². The second-order valence-corrected chi connectivity index (χ2v) is 8.85. The van der Waals surface area contributed by atoms with Crippen molar-refractivity contribution in [2.45, 2.75) is 37.5 Å². The number of nitrogens with zero attached hydrogens (tertiary/aromatic N) is 3. The highest BCUT2D eigenvalue weighted by atomic mass is 19.4. The van der Waals surface area contributed by atoms with Crippen molar-refractivity contribution in [3.63, 3.8) is 0 Å². The maximum Gasteiger partial charge on any atom is 0.416 e. The molecule has 2 heterocycles. The van der Waals surface area contributed by atoms with Crippen LogP contribution in [-0.4, -0.2) is 39.6 Å². The third-order valence-electron chi connectivity index (χ3n) is 6.41. The molecule has 2 aromatic carbocycles. The summed E-state index contributed by atoms with van der Waals surface area (Å²) < 4.78 is 40.3. The van der Waals surface area contributed by atoms with Crippen molar-refractivity contribution >= 4 is 17.7 Å². The molecule has 9 heteroatoms. The van der Waals surface area contributed by atoms with Crippen molar-refractivity contribution in [2.24, 2.45) is 0 Å². The van der Waals surface area contributed by atoms with Crippen LogP contribution in [0.3, 0.4) is 0 Å². The highest BCUT2D eigenvalue weighted by Crippen LogP contribution is 2.41. The Bertz CT molecular complexity index is 1270. The van der Waals surface area contributed by atoms with Gasteiger partial charge < -0.3 is 4.90 Å². The average Bonchev–Trinajstić information content (AvgIpc) is 3.09. The van der Waals surface area contributed by atoms with Gasteiger partial charge in [0.25, 0.3) is 0 Å². The number of hydrogen-bond acceptors (Lipinski definition) is 4. The lowest BCUT2D eigenvalue weighted by atomic mass is 9.75. The van der Waals surface area contributed by atoms with Crippen LogP contribution in [0.25, 0.3) is 0 Å². The van der Waals surface area contributed by atoms with Gasteiger partial charge in [-0.3, -0.25) is 24.3 Å². The molecule has 1 aromatic heterocycles. The van der Waals surface area contributed by atoms with E-state index < -0.39 is 34.9 Å². The Balaban J connectivity index is 1.62. The summed E-state index contributed by atoms with van der Waals surface area (Å²) in [7, 11) is 1.39. The first-order valence-electron chi connectivity index (χ1n) is 11.3. The lowest BCUT2D eigenvalue weighted by Crippen LogP contribution is -2.42. The van der Waals surface area contributed by atoms with Crippen molar-refractivity contribution < 1.29 is 27.6 Å². The Morgan fingerprint density at radius 3 is 2.39 bits per heavy atom. The molecule has 0 N–H and O–H groups in total. The van der Waals surface area contributed by atoms with Crippen LogP contribution in [-0.2, 0) is 39.1 Å². The molecule has 0 unspecified atom stereocenters. The van der Waals surface area contributed by atoms with Crippen molar-refractivity contribution in [3.8, 4) is 0 Å². The van der Waals surface area contributed by atoms with E-state index in [9.17, 15) is 27.6 Å². The van der Waals surface area contributed by atoms with Crippen LogP contribution in [0.1, 0.15) is 35.1 Å². The molecular weight excluding hydrogens is 471 g/mol. The molecule has 0 aliphatic carbocycles. The summed E-state index contributed by atoms with van der Waals surface area (Å²) in [5, 5.41) is 0. The second kappa shape index (κ2) is 9.93. The molecule has 36 heavy (non-hydrogen) atoms. The monoisotopic (exact) mass is 495 g/mol. The number of benzene rings is 2. The third-order valence-corrected chi connectivity index (χ3v) is 6.41. The van der Waals surface area contributed by atoms with E-state index in [1.165, 1.54) is 25.2 Å². The van der Waals surface area contributed by atoms with Gasteiger partial charge in [-0.25, -0.2) is 0 Å². The second-order valence-electron chi connectivity index (χ2n) is 8.85. The number of carbonyl (C=O) groups is 3. The van der Waals surface area contributed by atoms with Gasteiger partial charge in [-0.1, -0.05) is 54.6 Å². The molecule has 4 rings (SSSR count). The zero-order valence-electron chi connectivity index (χ0n) is 19.5. The van der Waals surface area contributed by atoms with E-state index in [4.69, 9.17) is 0 Å².